The van der Waals surface area contributed by atoms with Gasteiger partial charge in [-0.25, -0.2) is 13.6 Å². The Kier molecular flexibility index (Phi) is 3.78. The van der Waals surface area contributed by atoms with Gasteiger partial charge >= 0.3 is 5.69 Å². The summed E-state index contributed by atoms with van der Waals surface area (Å²) in [6.45, 7) is 0. The third-order valence-electron chi connectivity index (χ3n) is 3.67. The van der Waals surface area contributed by atoms with Crippen molar-refractivity contribution in [3.8, 4) is 11.3 Å². The van der Waals surface area contributed by atoms with E-state index >= 15 is 0 Å². The molecule has 1 saturated carbocycles. The molecule has 2 aromatic heterocycles. The summed E-state index contributed by atoms with van der Waals surface area (Å²) in [6.07, 6.45) is -0.702. The molecule has 0 amide bonds. The summed E-state index contributed by atoms with van der Waals surface area (Å²) in [7, 11) is 0. The van der Waals surface area contributed by atoms with Crippen LogP contribution in [-0.4, -0.2) is 26.6 Å². The normalized spacial score (nSPS) is 20.4. The Bertz CT molecular complexity index is 820. The summed E-state index contributed by atoms with van der Waals surface area (Å²) in [6, 6.07) is 1.56. The highest BCUT2D eigenvalue weighted by molar-refractivity contribution is 6.30. The Labute approximate surface area is 127 Å². The van der Waals surface area contributed by atoms with Crippen LogP contribution >= 0.6 is 11.6 Å². The summed E-state index contributed by atoms with van der Waals surface area (Å²) in [5.41, 5.74) is -0.264. The topological polar surface area (TPSA) is 91.5 Å². The molecule has 2 heterocycles. The van der Waals surface area contributed by atoms with E-state index in [1.807, 2.05) is 0 Å². The van der Waals surface area contributed by atoms with Crippen LogP contribution in [0.5, 0.6) is 0 Å². The molecule has 0 aliphatic heterocycles. The first kappa shape index (κ1) is 14.8. The Balaban J connectivity index is 1.94. The van der Waals surface area contributed by atoms with Crippen LogP contribution in [0.3, 0.4) is 0 Å². The second kappa shape index (κ2) is 5.60. The molecule has 0 unspecified atom stereocenters. The molecule has 0 bridgehead atoms. The van der Waals surface area contributed by atoms with Crippen molar-refractivity contribution in [3.05, 3.63) is 43.8 Å². The number of hydrogen-bond acceptors (Lipinski definition) is 4. The lowest BCUT2D eigenvalue weighted by Gasteiger charge is -2.05. The van der Waals surface area contributed by atoms with Crippen molar-refractivity contribution in [1.82, 2.24) is 20.2 Å². The molecular formula is C13H11ClF2N4O2. The van der Waals surface area contributed by atoms with E-state index in [0.717, 1.165) is 0 Å². The van der Waals surface area contributed by atoms with Gasteiger partial charge in [0.05, 0.1) is 5.56 Å². The summed E-state index contributed by atoms with van der Waals surface area (Å²) in [5, 5.41) is 7.75. The fourth-order valence-corrected chi connectivity index (χ4v) is 2.73. The van der Waals surface area contributed by atoms with Gasteiger partial charge in [-0.1, -0.05) is 11.6 Å². The van der Waals surface area contributed by atoms with Gasteiger partial charge in [0.25, 0.3) is 5.56 Å². The maximum atomic E-state index is 12.4. The second-order valence-electron chi connectivity index (χ2n) is 5.19. The predicted octanol–water partition coefficient (Wildman–Crippen LogP) is 1.93. The van der Waals surface area contributed by atoms with Crippen LogP contribution < -0.4 is 11.2 Å². The van der Waals surface area contributed by atoms with Crippen molar-refractivity contribution in [2.75, 3.05) is 0 Å². The van der Waals surface area contributed by atoms with Crippen molar-refractivity contribution in [2.45, 2.75) is 25.2 Å². The summed E-state index contributed by atoms with van der Waals surface area (Å²) in [4.78, 5) is 27.2. The van der Waals surface area contributed by atoms with Crippen molar-refractivity contribution >= 4 is 11.6 Å². The molecule has 2 aromatic rings. The van der Waals surface area contributed by atoms with Gasteiger partial charge < -0.3 is 4.98 Å². The lowest BCUT2D eigenvalue weighted by Crippen LogP contribution is -2.23. The third kappa shape index (κ3) is 2.92. The highest BCUT2D eigenvalue weighted by atomic mass is 35.5. The summed E-state index contributed by atoms with van der Waals surface area (Å²) in [5.74, 6) is -0.235. The lowest BCUT2D eigenvalue weighted by atomic mass is 10.1. The predicted molar refractivity (Wildman–Crippen MR) is 75.2 cm³/mol. The zero-order valence-electron chi connectivity index (χ0n) is 11.1. The minimum atomic E-state index is -2.36. The van der Waals surface area contributed by atoms with Gasteiger partial charge in [0.1, 0.15) is 5.69 Å². The van der Waals surface area contributed by atoms with Crippen LogP contribution in [0.2, 0.25) is 5.15 Å². The number of hydrogen-bond donors (Lipinski definition) is 2. The Morgan fingerprint density at radius 1 is 1.36 bits per heavy atom. The van der Waals surface area contributed by atoms with E-state index in [-0.39, 0.29) is 34.7 Å². The first-order chi connectivity index (χ1) is 10.5. The highest BCUT2D eigenvalue weighted by Gasteiger charge is 2.41. The highest BCUT2D eigenvalue weighted by Crippen LogP contribution is 2.52. The van der Waals surface area contributed by atoms with Gasteiger partial charge in [-0.05, 0) is 29.9 Å². The summed E-state index contributed by atoms with van der Waals surface area (Å²) >= 11 is 5.98. The van der Waals surface area contributed by atoms with E-state index in [1.165, 1.54) is 6.20 Å². The van der Waals surface area contributed by atoms with E-state index in [2.05, 4.69) is 20.2 Å². The zero-order valence-corrected chi connectivity index (χ0v) is 11.9. The Morgan fingerprint density at radius 2 is 2.14 bits per heavy atom. The molecular weight excluding hydrogens is 318 g/mol. The minimum Gasteiger partial charge on any atom is -0.313 e. The molecule has 9 heteroatoms. The van der Waals surface area contributed by atoms with Crippen LogP contribution in [0.25, 0.3) is 11.3 Å². The van der Waals surface area contributed by atoms with E-state index in [4.69, 9.17) is 11.6 Å². The molecule has 6 nitrogen and oxygen atoms in total. The van der Waals surface area contributed by atoms with Crippen molar-refractivity contribution in [2.24, 2.45) is 5.92 Å². The van der Waals surface area contributed by atoms with Gasteiger partial charge in [0.2, 0.25) is 6.43 Å². The van der Waals surface area contributed by atoms with Crippen LogP contribution in [-0.2, 0) is 0 Å². The molecule has 116 valence electrons. The van der Waals surface area contributed by atoms with E-state index in [0.29, 0.717) is 12.0 Å². The Hall–Kier alpha value is -2.09. The van der Waals surface area contributed by atoms with E-state index in [9.17, 15) is 18.4 Å². The molecule has 0 saturated heterocycles. The fraction of sp³-hybridized carbons (Fsp3) is 0.385. The number of alkyl halides is 2. The van der Waals surface area contributed by atoms with Crippen LogP contribution in [0.4, 0.5) is 8.78 Å². The monoisotopic (exact) mass is 328 g/mol. The molecule has 0 aromatic carbocycles. The molecule has 1 aliphatic rings. The average molecular weight is 329 g/mol. The quantitative estimate of drug-likeness (QED) is 0.897. The SMILES string of the molecule is O=c1[nH]cc(-c2cc([C@H]3C[C@@H]3CC(F)F)c(Cl)nn2)c(=O)[nH]1. The molecule has 22 heavy (non-hydrogen) atoms. The molecule has 2 N–H and O–H groups in total. The Morgan fingerprint density at radius 3 is 2.82 bits per heavy atom. The first-order valence-corrected chi connectivity index (χ1v) is 6.97. The van der Waals surface area contributed by atoms with Gasteiger partial charge in [-0.15, -0.1) is 10.2 Å². The number of aromatic nitrogens is 4. The number of nitrogens with zero attached hydrogens (tertiary/aromatic N) is 2. The smallest absolute Gasteiger partial charge is 0.313 e. The van der Waals surface area contributed by atoms with Gasteiger partial charge in [-0.2, -0.15) is 0 Å². The second-order valence-corrected chi connectivity index (χ2v) is 5.55. The van der Waals surface area contributed by atoms with Crippen molar-refractivity contribution < 1.29 is 8.78 Å². The van der Waals surface area contributed by atoms with Crippen LogP contribution in [0.15, 0.2) is 21.9 Å². The summed E-state index contributed by atoms with van der Waals surface area (Å²) < 4.78 is 24.8. The minimum absolute atomic E-state index is 0.0995. The number of nitrogens with one attached hydrogen (secondary N) is 2. The fourth-order valence-electron chi connectivity index (χ4n) is 2.50. The molecule has 1 fully saturated rings. The number of halogens is 3. The van der Waals surface area contributed by atoms with Crippen molar-refractivity contribution in [3.63, 3.8) is 0 Å². The molecule has 0 spiro atoms. The standard InChI is InChI=1S/C13H11ClF2N4O2/c14-11-7(6-1-5(6)2-10(15)16)3-9(19-20-11)8-4-17-13(22)18-12(8)21/h3-6,10H,1-2H2,(H2,17,18,21,22)/t5-,6+/m1/s1. The number of H-pyrrole nitrogens is 2. The molecule has 1 aliphatic carbocycles. The zero-order chi connectivity index (χ0) is 15.9. The number of aromatic amines is 2. The van der Waals surface area contributed by atoms with E-state index < -0.39 is 17.7 Å². The van der Waals surface area contributed by atoms with Crippen molar-refractivity contribution in [1.29, 1.82) is 0 Å². The van der Waals surface area contributed by atoms with Gasteiger partial charge in [0, 0.05) is 12.6 Å². The van der Waals surface area contributed by atoms with Crippen LogP contribution in [0.1, 0.15) is 24.3 Å². The molecule has 2 atom stereocenters. The van der Waals surface area contributed by atoms with Gasteiger partial charge in [0.15, 0.2) is 5.15 Å². The molecule has 0 radical (unpaired) electrons. The lowest BCUT2D eigenvalue weighted by molar-refractivity contribution is 0.129. The third-order valence-corrected chi connectivity index (χ3v) is 3.97. The average Bonchev–Trinajstić information content (AvgIpc) is 3.18. The first-order valence-electron chi connectivity index (χ1n) is 6.59. The van der Waals surface area contributed by atoms with Gasteiger partial charge in [-0.3, -0.25) is 9.78 Å². The maximum absolute atomic E-state index is 12.4. The number of rotatable bonds is 4. The van der Waals surface area contributed by atoms with Crippen LogP contribution in [0, 0.1) is 5.92 Å². The molecule has 3 rings (SSSR count). The van der Waals surface area contributed by atoms with E-state index in [1.54, 1.807) is 6.07 Å². The maximum Gasteiger partial charge on any atom is 0.325 e. The largest absolute Gasteiger partial charge is 0.325 e.